The summed E-state index contributed by atoms with van der Waals surface area (Å²) >= 11 is 11.9. The molecular formula is C20H17Cl2N3O4S. The maximum absolute atomic E-state index is 12.5. The van der Waals surface area contributed by atoms with E-state index < -0.39 is 15.9 Å². The molecule has 0 aliphatic heterocycles. The Morgan fingerprint density at radius 1 is 1.07 bits per heavy atom. The summed E-state index contributed by atoms with van der Waals surface area (Å²) in [5, 5.41) is 11.1. The molecule has 1 N–H and O–H groups in total. The topological polar surface area (TPSA) is 98.2 Å². The molecule has 0 fully saturated rings. The highest BCUT2D eigenvalue weighted by molar-refractivity contribution is 7.90. The molecule has 0 aliphatic rings. The van der Waals surface area contributed by atoms with Crippen LogP contribution in [0.4, 0.5) is 5.69 Å². The van der Waals surface area contributed by atoms with Crippen LogP contribution in [0.25, 0.3) is 11.3 Å². The second-order valence-electron chi connectivity index (χ2n) is 6.43. The molecular weight excluding hydrogens is 449 g/mol. The molecule has 3 aromatic rings. The highest BCUT2D eigenvalue weighted by atomic mass is 35.5. The predicted octanol–water partition coefficient (Wildman–Crippen LogP) is 4.26. The molecule has 1 heterocycles. The van der Waals surface area contributed by atoms with Gasteiger partial charge in [0.2, 0.25) is 0 Å². The van der Waals surface area contributed by atoms with E-state index >= 15 is 0 Å². The van der Waals surface area contributed by atoms with Gasteiger partial charge in [-0.15, -0.1) is 10.2 Å². The molecule has 0 aliphatic carbocycles. The lowest BCUT2D eigenvalue weighted by Crippen LogP contribution is -2.30. The second-order valence-corrected chi connectivity index (χ2v) is 9.24. The van der Waals surface area contributed by atoms with E-state index in [9.17, 15) is 13.2 Å². The molecule has 1 aromatic heterocycles. The van der Waals surface area contributed by atoms with Crippen LogP contribution in [0.2, 0.25) is 10.0 Å². The molecule has 0 radical (unpaired) electrons. The van der Waals surface area contributed by atoms with E-state index in [0.717, 1.165) is 6.26 Å². The van der Waals surface area contributed by atoms with Crippen LogP contribution in [0.1, 0.15) is 6.92 Å². The number of halogens is 2. The summed E-state index contributed by atoms with van der Waals surface area (Å²) in [5.74, 6) is -0.0321. The Balaban J connectivity index is 1.72. The summed E-state index contributed by atoms with van der Waals surface area (Å²) in [7, 11) is -3.43. The fraction of sp³-hybridized carbons (Fsp3) is 0.150. The largest absolute Gasteiger partial charge is 0.479 e. The zero-order chi connectivity index (χ0) is 21.9. The average Bonchev–Trinajstić information content (AvgIpc) is 2.69. The SMILES string of the molecule is C[C@@H](Oc1ccc(Cl)cc1Cl)C(=O)Nc1cccc(-c2ccc(S(C)(=O)=O)nn2)c1. The number of hydrogen-bond donors (Lipinski definition) is 1. The van der Waals surface area contributed by atoms with Gasteiger partial charge < -0.3 is 10.1 Å². The summed E-state index contributed by atoms with van der Waals surface area (Å²) in [6.07, 6.45) is 0.244. The Morgan fingerprint density at radius 2 is 1.83 bits per heavy atom. The van der Waals surface area contributed by atoms with Crippen molar-refractivity contribution in [3.05, 3.63) is 64.6 Å². The molecule has 0 bridgehead atoms. The molecule has 30 heavy (non-hydrogen) atoms. The van der Waals surface area contributed by atoms with Crippen LogP contribution in [0.15, 0.2) is 59.6 Å². The molecule has 0 spiro atoms. The van der Waals surface area contributed by atoms with E-state index in [0.29, 0.717) is 32.7 Å². The first-order valence-corrected chi connectivity index (χ1v) is 11.3. The van der Waals surface area contributed by atoms with E-state index in [-0.39, 0.29) is 10.9 Å². The zero-order valence-corrected chi connectivity index (χ0v) is 18.3. The van der Waals surface area contributed by atoms with Crippen molar-refractivity contribution in [1.29, 1.82) is 0 Å². The molecule has 1 amide bonds. The van der Waals surface area contributed by atoms with Gasteiger partial charge in [-0.2, -0.15) is 0 Å². The van der Waals surface area contributed by atoms with Crippen LogP contribution in [0.5, 0.6) is 5.75 Å². The number of benzene rings is 2. The summed E-state index contributed by atoms with van der Waals surface area (Å²) < 4.78 is 28.6. The molecule has 2 aromatic carbocycles. The molecule has 0 unspecified atom stereocenters. The van der Waals surface area contributed by atoms with Crippen LogP contribution in [-0.2, 0) is 14.6 Å². The summed E-state index contributed by atoms with van der Waals surface area (Å²) in [5.41, 5.74) is 1.65. The molecule has 10 heteroatoms. The Labute approximate surface area is 183 Å². The number of hydrogen-bond acceptors (Lipinski definition) is 6. The minimum atomic E-state index is -3.43. The lowest BCUT2D eigenvalue weighted by molar-refractivity contribution is -0.122. The maximum atomic E-state index is 12.5. The summed E-state index contributed by atoms with van der Waals surface area (Å²) in [6, 6.07) is 14.6. The fourth-order valence-corrected chi connectivity index (χ4v) is 3.44. The molecule has 1 atom stereocenters. The van der Waals surface area contributed by atoms with E-state index in [1.54, 1.807) is 49.4 Å². The molecule has 0 saturated carbocycles. The van der Waals surface area contributed by atoms with Crippen molar-refractivity contribution in [3.8, 4) is 17.0 Å². The summed E-state index contributed by atoms with van der Waals surface area (Å²) in [6.45, 7) is 1.60. The Kier molecular flexibility index (Phi) is 6.60. The molecule has 0 saturated heterocycles. The minimum absolute atomic E-state index is 0.109. The normalized spacial score (nSPS) is 12.3. The van der Waals surface area contributed by atoms with E-state index in [1.165, 1.54) is 12.1 Å². The Bertz CT molecular complexity index is 1180. The highest BCUT2D eigenvalue weighted by Gasteiger charge is 2.17. The number of anilines is 1. The van der Waals surface area contributed by atoms with Crippen molar-refractivity contribution >= 4 is 44.6 Å². The van der Waals surface area contributed by atoms with Gasteiger partial charge in [-0.1, -0.05) is 35.3 Å². The van der Waals surface area contributed by atoms with Crippen molar-refractivity contribution in [2.75, 3.05) is 11.6 Å². The first-order valence-electron chi connectivity index (χ1n) is 8.70. The van der Waals surface area contributed by atoms with Gasteiger partial charge in [0, 0.05) is 22.5 Å². The first kappa shape index (κ1) is 22.0. The van der Waals surface area contributed by atoms with Crippen LogP contribution in [0.3, 0.4) is 0 Å². The third-order valence-electron chi connectivity index (χ3n) is 4.01. The summed E-state index contributed by atoms with van der Waals surface area (Å²) in [4.78, 5) is 12.5. The smallest absolute Gasteiger partial charge is 0.265 e. The number of aromatic nitrogens is 2. The lowest BCUT2D eigenvalue weighted by atomic mass is 10.1. The van der Waals surface area contributed by atoms with Gasteiger partial charge >= 0.3 is 0 Å². The predicted molar refractivity (Wildman–Crippen MR) is 116 cm³/mol. The lowest BCUT2D eigenvalue weighted by Gasteiger charge is -2.16. The fourth-order valence-electron chi connectivity index (χ4n) is 2.49. The van der Waals surface area contributed by atoms with E-state index in [2.05, 4.69) is 15.5 Å². The van der Waals surface area contributed by atoms with Crippen LogP contribution >= 0.6 is 23.2 Å². The Hall–Kier alpha value is -2.68. The van der Waals surface area contributed by atoms with Gasteiger partial charge in [0.05, 0.1) is 10.7 Å². The van der Waals surface area contributed by atoms with Crippen LogP contribution in [0, 0.1) is 0 Å². The number of nitrogens with zero attached hydrogens (tertiary/aromatic N) is 2. The van der Waals surface area contributed by atoms with Crippen molar-refractivity contribution in [2.24, 2.45) is 0 Å². The molecule has 7 nitrogen and oxygen atoms in total. The monoisotopic (exact) mass is 465 g/mol. The minimum Gasteiger partial charge on any atom is -0.479 e. The second kappa shape index (κ2) is 8.99. The van der Waals surface area contributed by atoms with Crippen LogP contribution in [-0.4, -0.2) is 36.9 Å². The number of carbonyl (C=O) groups is 1. The van der Waals surface area contributed by atoms with Crippen molar-refractivity contribution in [3.63, 3.8) is 0 Å². The molecule has 3 rings (SSSR count). The van der Waals surface area contributed by atoms with Gasteiger partial charge in [-0.3, -0.25) is 4.79 Å². The van der Waals surface area contributed by atoms with Crippen molar-refractivity contribution in [2.45, 2.75) is 18.1 Å². The standard InChI is InChI=1S/C20H17Cl2N3O4S/c1-12(29-18-8-6-14(21)11-16(18)22)20(26)23-15-5-3-4-13(10-15)17-7-9-19(25-24-17)30(2,27)28/h3-12H,1-2H3,(H,23,26)/t12-/m1/s1. The first-order chi connectivity index (χ1) is 14.1. The Morgan fingerprint density at radius 3 is 2.47 bits per heavy atom. The zero-order valence-electron chi connectivity index (χ0n) is 16.0. The van der Waals surface area contributed by atoms with Crippen molar-refractivity contribution in [1.82, 2.24) is 10.2 Å². The maximum Gasteiger partial charge on any atom is 0.265 e. The van der Waals surface area contributed by atoms with Gasteiger partial charge in [-0.25, -0.2) is 8.42 Å². The van der Waals surface area contributed by atoms with Crippen molar-refractivity contribution < 1.29 is 17.9 Å². The van der Waals surface area contributed by atoms with Crippen LogP contribution < -0.4 is 10.1 Å². The van der Waals surface area contributed by atoms with Gasteiger partial charge in [0.1, 0.15) is 5.75 Å². The number of sulfone groups is 1. The van der Waals surface area contributed by atoms with Gasteiger partial charge in [-0.05, 0) is 49.4 Å². The molecule has 156 valence electrons. The third kappa shape index (κ3) is 5.47. The number of rotatable bonds is 6. The quantitative estimate of drug-likeness (QED) is 0.583. The van der Waals surface area contributed by atoms with Gasteiger partial charge in [0.15, 0.2) is 21.0 Å². The van der Waals surface area contributed by atoms with E-state index in [1.807, 2.05) is 0 Å². The third-order valence-corrected chi connectivity index (χ3v) is 5.52. The number of carbonyl (C=O) groups excluding carboxylic acids is 1. The van der Waals surface area contributed by atoms with E-state index in [4.69, 9.17) is 27.9 Å². The number of amides is 1. The average molecular weight is 466 g/mol. The number of ether oxygens (including phenoxy) is 1. The van der Waals surface area contributed by atoms with Gasteiger partial charge in [0.25, 0.3) is 5.91 Å². The number of nitrogens with one attached hydrogen (secondary N) is 1. The highest BCUT2D eigenvalue weighted by Crippen LogP contribution is 2.28.